The fourth-order valence-corrected chi connectivity index (χ4v) is 4.81. The molecule has 0 saturated carbocycles. The van der Waals surface area contributed by atoms with Crippen LogP contribution in [0, 0.1) is 5.82 Å². The molecule has 2 heterocycles. The summed E-state index contributed by atoms with van der Waals surface area (Å²) in [6.07, 6.45) is 0. The van der Waals surface area contributed by atoms with Crippen molar-refractivity contribution in [2.24, 2.45) is 0 Å². The summed E-state index contributed by atoms with van der Waals surface area (Å²) < 4.78 is 14.2. The van der Waals surface area contributed by atoms with Crippen LogP contribution in [-0.4, -0.2) is 10.9 Å². The van der Waals surface area contributed by atoms with E-state index in [-0.39, 0.29) is 17.1 Å². The zero-order chi connectivity index (χ0) is 23.6. The molecule has 4 heteroatoms. The third kappa shape index (κ3) is 3.10. The Morgan fingerprint density at radius 3 is 2.24 bits per heavy atom. The van der Waals surface area contributed by atoms with Gasteiger partial charge in [-0.05, 0) is 64.6 Å². The van der Waals surface area contributed by atoms with Gasteiger partial charge in [-0.25, -0.2) is 9.37 Å². The summed E-state index contributed by atoms with van der Waals surface area (Å²) in [5.41, 5.74) is 6.63. The van der Waals surface area contributed by atoms with Crippen molar-refractivity contribution in [2.45, 2.75) is 26.2 Å². The Morgan fingerprint density at radius 1 is 0.794 bits per heavy atom. The van der Waals surface area contributed by atoms with Crippen LogP contribution < -0.4 is 4.90 Å². The maximum atomic E-state index is 14.2. The average Bonchev–Trinajstić information content (AvgIpc) is 3.12. The Bertz CT molecular complexity index is 1600. The molecule has 166 valence electrons. The van der Waals surface area contributed by atoms with Crippen molar-refractivity contribution < 1.29 is 9.18 Å². The van der Waals surface area contributed by atoms with Crippen LogP contribution in [0.4, 0.5) is 15.8 Å². The molecular formula is C30H23FN2O. The number of benzene rings is 4. The van der Waals surface area contributed by atoms with E-state index < -0.39 is 0 Å². The number of amides is 1. The molecule has 0 aliphatic carbocycles. The number of pyridine rings is 1. The zero-order valence-electron chi connectivity index (χ0n) is 19.3. The molecule has 0 spiro atoms. The maximum absolute atomic E-state index is 14.2. The molecule has 0 radical (unpaired) electrons. The Balaban J connectivity index is 1.64. The van der Waals surface area contributed by atoms with Crippen molar-refractivity contribution in [3.8, 4) is 11.1 Å². The summed E-state index contributed by atoms with van der Waals surface area (Å²) >= 11 is 0. The van der Waals surface area contributed by atoms with E-state index in [0.717, 1.165) is 33.4 Å². The maximum Gasteiger partial charge on any atom is 0.264 e. The molecule has 1 aliphatic heterocycles. The number of carbonyl (C=O) groups excluding carboxylic acids is 1. The molecule has 1 aliphatic rings. The van der Waals surface area contributed by atoms with Crippen LogP contribution in [0.3, 0.4) is 0 Å². The fourth-order valence-electron chi connectivity index (χ4n) is 4.81. The van der Waals surface area contributed by atoms with E-state index in [1.165, 1.54) is 17.7 Å². The second kappa shape index (κ2) is 7.22. The van der Waals surface area contributed by atoms with Crippen molar-refractivity contribution in [3.05, 3.63) is 102 Å². The second-order valence-corrected chi connectivity index (χ2v) is 9.84. The highest BCUT2D eigenvalue weighted by Gasteiger charge is 2.34. The number of halogens is 1. The van der Waals surface area contributed by atoms with Crippen LogP contribution in [0.15, 0.2) is 84.9 Å². The lowest BCUT2D eigenvalue weighted by molar-refractivity contribution is 0.101. The predicted octanol–water partition coefficient (Wildman–Crippen LogP) is 7.78. The number of aromatic nitrogens is 1. The summed E-state index contributed by atoms with van der Waals surface area (Å²) in [5.74, 6) is -0.542. The van der Waals surface area contributed by atoms with Gasteiger partial charge < -0.3 is 0 Å². The number of hydrogen-bond acceptors (Lipinski definition) is 2. The minimum Gasteiger partial charge on any atom is -0.276 e. The topological polar surface area (TPSA) is 33.2 Å². The minimum atomic E-state index is -0.381. The molecule has 3 nitrogen and oxygen atoms in total. The monoisotopic (exact) mass is 446 g/mol. The first-order valence-electron chi connectivity index (χ1n) is 11.4. The van der Waals surface area contributed by atoms with Crippen LogP contribution >= 0.6 is 0 Å². The highest BCUT2D eigenvalue weighted by atomic mass is 19.1. The van der Waals surface area contributed by atoms with E-state index in [2.05, 4.69) is 32.9 Å². The van der Waals surface area contributed by atoms with Gasteiger partial charge >= 0.3 is 0 Å². The van der Waals surface area contributed by atoms with Crippen molar-refractivity contribution in [1.82, 2.24) is 4.98 Å². The lowest BCUT2D eigenvalue weighted by atomic mass is 9.87. The fraction of sp³-hybridized carbons (Fsp3) is 0.133. The standard InChI is InChI=1S/C30H23FN2O/c1-30(2,3)20-9-12-22(13-10-20)33-26-16-19(18-7-5-4-6-8-18)15-25-28(26)27(29(33)34)23-17-21(31)11-14-24(23)32-25/h4-17H,1-3H3. The third-order valence-corrected chi connectivity index (χ3v) is 6.57. The highest BCUT2D eigenvalue weighted by molar-refractivity contribution is 6.32. The first-order valence-corrected chi connectivity index (χ1v) is 11.4. The van der Waals surface area contributed by atoms with Gasteiger partial charge in [0.1, 0.15) is 5.82 Å². The average molecular weight is 447 g/mol. The third-order valence-electron chi connectivity index (χ3n) is 6.57. The summed E-state index contributed by atoms with van der Waals surface area (Å²) in [7, 11) is 0. The number of hydrogen-bond donors (Lipinski definition) is 0. The van der Waals surface area contributed by atoms with Crippen LogP contribution in [0.5, 0.6) is 0 Å². The normalized spacial score (nSPS) is 13.3. The van der Waals surface area contributed by atoms with Gasteiger partial charge in [0.05, 0.1) is 22.3 Å². The van der Waals surface area contributed by atoms with Gasteiger partial charge in [0.15, 0.2) is 0 Å². The predicted molar refractivity (Wildman–Crippen MR) is 136 cm³/mol. The molecule has 0 bridgehead atoms. The summed E-state index contributed by atoms with van der Waals surface area (Å²) in [6, 6.07) is 26.7. The van der Waals surface area contributed by atoms with Crippen molar-refractivity contribution >= 4 is 39.1 Å². The van der Waals surface area contributed by atoms with E-state index in [0.29, 0.717) is 16.5 Å². The van der Waals surface area contributed by atoms with Gasteiger partial charge in [-0.15, -0.1) is 0 Å². The number of fused-ring (bicyclic) bond motifs is 2. The van der Waals surface area contributed by atoms with Crippen LogP contribution in [0.25, 0.3) is 32.9 Å². The highest BCUT2D eigenvalue weighted by Crippen LogP contribution is 2.46. The van der Waals surface area contributed by atoms with Crippen LogP contribution in [0.2, 0.25) is 0 Å². The molecule has 34 heavy (non-hydrogen) atoms. The number of rotatable bonds is 2. The summed E-state index contributed by atoms with van der Waals surface area (Å²) in [6.45, 7) is 6.49. The van der Waals surface area contributed by atoms with Gasteiger partial charge in [-0.2, -0.15) is 0 Å². The quantitative estimate of drug-likeness (QED) is 0.259. The van der Waals surface area contributed by atoms with Gasteiger partial charge in [0.2, 0.25) is 0 Å². The van der Waals surface area contributed by atoms with E-state index >= 15 is 0 Å². The van der Waals surface area contributed by atoms with Crippen molar-refractivity contribution in [3.63, 3.8) is 0 Å². The number of carbonyl (C=O) groups is 1. The molecule has 5 aromatic rings. The summed E-state index contributed by atoms with van der Waals surface area (Å²) in [5, 5.41) is 1.31. The molecule has 4 aromatic carbocycles. The Kier molecular flexibility index (Phi) is 4.37. The van der Waals surface area contributed by atoms with Gasteiger partial charge in [-0.1, -0.05) is 63.2 Å². The van der Waals surface area contributed by atoms with E-state index in [1.807, 2.05) is 54.6 Å². The molecule has 6 rings (SSSR count). The first kappa shape index (κ1) is 20.5. The number of nitrogens with zero attached hydrogens (tertiary/aromatic N) is 2. The molecular weight excluding hydrogens is 423 g/mol. The smallest absolute Gasteiger partial charge is 0.264 e. The van der Waals surface area contributed by atoms with Crippen LogP contribution in [-0.2, 0) is 5.41 Å². The molecule has 0 fully saturated rings. The lowest BCUT2D eigenvalue weighted by Crippen LogP contribution is -2.21. The Morgan fingerprint density at radius 2 is 1.53 bits per heavy atom. The molecule has 0 saturated heterocycles. The van der Waals surface area contributed by atoms with Crippen molar-refractivity contribution in [2.75, 3.05) is 4.90 Å². The SMILES string of the molecule is CC(C)(C)c1ccc(N2C(=O)c3c4cc(F)ccc4nc4cc(-c5ccccc5)cc2c34)cc1. The first-order chi connectivity index (χ1) is 16.3. The van der Waals surface area contributed by atoms with E-state index in [4.69, 9.17) is 4.98 Å². The minimum absolute atomic E-state index is 0.00858. The van der Waals surface area contributed by atoms with Gasteiger partial charge in [0, 0.05) is 16.5 Å². The van der Waals surface area contributed by atoms with Gasteiger partial charge in [0.25, 0.3) is 5.91 Å². The Labute approximate surface area is 197 Å². The molecule has 1 amide bonds. The van der Waals surface area contributed by atoms with Crippen LogP contribution in [0.1, 0.15) is 36.7 Å². The van der Waals surface area contributed by atoms with E-state index in [9.17, 15) is 9.18 Å². The molecule has 0 unspecified atom stereocenters. The second-order valence-electron chi connectivity index (χ2n) is 9.84. The lowest BCUT2D eigenvalue weighted by Gasteiger charge is -2.22. The molecule has 0 atom stereocenters. The number of anilines is 2. The largest absolute Gasteiger partial charge is 0.276 e. The zero-order valence-corrected chi connectivity index (χ0v) is 19.3. The summed E-state index contributed by atoms with van der Waals surface area (Å²) in [4.78, 5) is 20.5. The van der Waals surface area contributed by atoms with Crippen molar-refractivity contribution in [1.29, 1.82) is 0 Å². The van der Waals surface area contributed by atoms with E-state index in [1.54, 1.807) is 11.0 Å². The molecule has 1 aromatic heterocycles. The van der Waals surface area contributed by atoms with Gasteiger partial charge in [-0.3, -0.25) is 9.69 Å². The molecule has 0 N–H and O–H groups in total. The Hall–Kier alpha value is -4.05.